The zero-order valence-corrected chi connectivity index (χ0v) is 20.7. The molecule has 2 saturated heterocycles. The number of fused-ring (bicyclic) bond motifs is 4. The van der Waals surface area contributed by atoms with Crippen molar-refractivity contribution in [2.45, 2.75) is 38.5 Å². The molecule has 1 amide bonds. The molecular weight excluding hydrogens is 462 g/mol. The van der Waals surface area contributed by atoms with Gasteiger partial charge in [-0.25, -0.2) is 4.98 Å². The van der Waals surface area contributed by atoms with Crippen LogP contribution in [0.4, 0.5) is 0 Å². The minimum atomic E-state index is -0.476. The third kappa shape index (κ3) is 4.78. The number of nitrogens with one attached hydrogen (secondary N) is 1. The van der Waals surface area contributed by atoms with Gasteiger partial charge in [0.25, 0.3) is 5.56 Å². The van der Waals surface area contributed by atoms with Crippen molar-refractivity contribution in [3.63, 3.8) is 0 Å². The first-order chi connectivity index (χ1) is 17.6. The maximum atomic E-state index is 13.6. The number of oxazole rings is 1. The molecule has 2 fully saturated rings. The van der Waals surface area contributed by atoms with E-state index in [-0.39, 0.29) is 36.1 Å². The number of allylic oxidation sites excluding steroid dienone is 1. The summed E-state index contributed by atoms with van der Waals surface area (Å²) in [4.78, 5) is 35.7. The molecule has 3 aliphatic rings. The highest BCUT2D eigenvalue weighted by atomic mass is 16.5. The number of carbonyl (C=O) groups excluding carboxylic acids is 1. The Kier molecular flexibility index (Phi) is 7.66. The van der Waals surface area contributed by atoms with Crippen molar-refractivity contribution >= 4 is 12.0 Å². The van der Waals surface area contributed by atoms with Gasteiger partial charge in [-0.1, -0.05) is 12.2 Å². The molecule has 2 bridgehead atoms. The van der Waals surface area contributed by atoms with Crippen LogP contribution >= 0.6 is 0 Å². The number of rotatable bonds is 9. The van der Waals surface area contributed by atoms with E-state index in [0.29, 0.717) is 25.2 Å². The van der Waals surface area contributed by atoms with Gasteiger partial charge >= 0.3 is 0 Å². The highest BCUT2D eigenvalue weighted by molar-refractivity contribution is 5.80. The Morgan fingerprint density at radius 2 is 2.14 bits per heavy atom. The molecule has 4 atom stereocenters. The van der Waals surface area contributed by atoms with Gasteiger partial charge in [0, 0.05) is 62.5 Å². The second-order valence-electron chi connectivity index (χ2n) is 9.76. The van der Waals surface area contributed by atoms with Crippen molar-refractivity contribution in [3.05, 3.63) is 58.2 Å². The van der Waals surface area contributed by atoms with Crippen LogP contribution in [-0.4, -0.2) is 82.4 Å². The first-order valence-corrected chi connectivity index (χ1v) is 12.8. The first kappa shape index (κ1) is 24.9. The summed E-state index contributed by atoms with van der Waals surface area (Å²) in [7, 11) is 0. The molecule has 3 aliphatic heterocycles. The Balaban J connectivity index is 1.39. The number of nitrogens with zero attached hydrogens (tertiary/aromatic N) is 4. The zero-order chi connectivity index (χ0) is 25.1. The highest BCUT2D eigenvalue weighted by Gasteiger charge is 2.55. The highest BCUT2D eigenvalue weighted by Crippen LogP contribution is 2.48. The monoisotopic (exact) mass is 497 g/mol. The van der Waals surface area contributed by atoms with Gasteiger partial charge in [0.2, 0.25) is 5.91 Å². The minimum Gasteiger partial charge on any atom is -0.451 e. The normalized spacial score (nSPS) is 26.4. The predicted molar refractivity (Wildman–Crippen MR) is 133 cm³/mol. The molecular formula is C26H35N5O5. The summed E-state index contributed by atoms with van der Waals surface area (Å²) < 4.78 is 12.4. The van der Waals surface area contributed by atoms with Crippen molar-refractivity contribution in [3.8, 4) is 0 Å². The van der Waals surface area contributed by atoms with E-state index >= 15 is 0 Å². The molecule has 0 aromatic carbocycles. The van der Waals surface area contributed by atoms with Crippen LogP contribution in [0.2, 0.25) is 0 Å². The Morgan fingerprint density at radius 3 is 2.86 bits per heavy atom. The Hall–Kier alpha value is -2.79. The summed E-state index contributed by atoms with van der Waals surface area (Å²) >= 11 is 0. The van der Waals surface area contributed by atoms with Crippen molar-refractivity contribution in [2.24, 2.45) is 11.8 Å². The number of ether oxygens (including phenoxy) is 1. The summed E-state index contributed by atoms with van der Waals surface area (Å²) in [5.74, 6) is -0.853. The van der Waals surface area contributed by atoms with Gasteiger partial charge in [-0.3, -0.25) is 19.4 Å². The molecule has 0 unspecified atom stereocenters. The van der Waals surface area contributed by atoms with Crippen LogP contribution in [0.15, 0.2) is 40.1 Å². The molecule has 10 nitrogen and oxygen atoms in total. The van der Waals surface area contributed by atoms with Crippen LogP contribution in [-0.2, 0) is 22.6 Å². The lowest BCUT2D eigenvalue weighted by atomic mass is 9.86. The fourth-order valence-electron chi connectivity index (χ4n) is 6.02. The number of morpholine rings is 1. The van der Waals surface area contributed by atoms with E-state index in [4.69, 9.17) is 9.15 Å². The Bertz CT molecular complexity index is 1120. The van der Waals surface area contributed by atoms with Gasteiger partial charge in [-0.2, -0.15) is 0 Å². The molecule has 0 saturated carbocycles. The van der Waals surface area contributed by atoms with E-state index in [1.807, 2.05) is 31.2 Å². The number of amides is 1. The average molecular weight is 498 g/mol. The molecule has 2 aromatic rings. The summed E-state index contributed by atoms with van der Waals surface area (Å²) in [5, 5.41) is 13.6. The van der Waals surface area contributed by atoms with E-state index < -0.39 is 5.92 Å². The summed E-state index contributed by atoms with van der Waals surface area (Å²) in [6.07, 6.45) is 7.50. The van der Waals surface area contributed by atoms with Gasteiger partial charge in [-0.05, 0) is 32.0 Å². The molecule has 5 heterocycles. The number of aliphatic hydroxyl groups is 1. The third-order valence-electron chi connectivity index (χ3n) is 7.73. The Morgan fingerprint density at radius 1 is 1.31 bits per heavy atom. The second-order valence-corrected chi connectivity index (χ2v) is 9.76. The number of aromatic nitrogens is 2. The van der Waals surface area contributed by atoms with Crippen molar-refractivity contribution in [2.75, 3.05) is 46.0 Å². The molecule has 0 spiro atoms. The van der Waals surface area contributed by atoms with E-state index in [1.165, 1.54) is 6.39 Å². The van der Waals surface area contributed by atoms with Gasteiger partial charge in [0.1, 0.15) is 6.26 Å². The van der Waals surface area contributed by atoms with E-state index in [2.05, 4.69) is 20.1 Å². The molecule has 5 rings (SSSR count). The second kappa shape index (κ2) is 11.1. The summed E-state index contributed by atoms with van der Waals surface area (Å²) in [6, 6.07) is 3.26. The van der Waals surface area contributed by atoms with Crippen molar-refractivity contribution in [1.82, 2.24) is 24.7 Å². The molecule has 194 valence electrons. The van der Waals surface area contributed by atoms with Crippen molar-refractivity contribution in [1.29, 1.82) is 0 Å². The topological polar surface area (TPSA) is 113 Å². The largest absolute Gasteiger partial charge is 0.451 e. The van der Waals surface area contributed by atoms with Crippen LogP contribution in [0.1, 0.15) is 36.3 Å². The number of aliphatic hydroxyl groups excluding tert-OH is 1. The van der Waals surface area contributed by atoms with Gasteiger partial charge < -0.3 is 24.1 Å². The molecule has 0 radical (unpaired) electrons. The molecule has 10 heteroatoms. The van der Waals surface area contributed by atoms with Crippen LogP contribution in [0.25, 0.3) is 6.08 Å². The van der Waals surface area contributed by atoms with Crippen LogP contribution in [0.5, 0.6) is 0 Å². The van der Waals surface area contributed by atoms with Gasteiger partial charge in [-0.15, -0.1) is 0 Å². The molecule has 0 aliphatic carbocycles. The molecule has 36 heavy (non-hydrogen) atoms. The summed E-state index contributed by atoms with van der Waals surface area (Å²) in [6.45, 7) is 7.48. The predicted octanol–water partition coefficient (Wildman–Crippen LogP) is 0.872. The molecule has 2 N–H and O–H groups in total. The standard InChI is InChI=1S/C26H35N5O5/c1-2-4-18-5-6-21-24-23(25(33)27-7-3-8-29-9-11-35-12-10-29)20(15-32)22(14-31(21)26(18)34)30(24)13-19-16-36-17-28-19/h2,4-6,16-17,20,22-24,32H,3,7-15H2,1H3,(H,27,33)/b4-2-/t20-,22-,23+,24+/m0/s1. The number of hydrogen-bond acceptors (Lipinski definition) is 8. The average Bonchev–Trinajstić information content (AvgIpc) is 3.48. The summed E-state index contributed by atoms with van der Waals surface area (Å²) in [5.41, 5.74) is 2.12. The lowest BCUT2D eigenvalue weighted by Crippen LogP contribution is -2.46. The van der Waals surface area contributed by atoms with E-state index in [9.17, 15) is 14.7 Å². The SMILES string of the molecule is C/C=C\c1ccc2n(c1=O)C[C@H]1[C@H](CO)[C@@H](C(=O)NCCCN3CCOCC3)[C@@H]2N1Cc1cocn1. The van der Waals surface area contributed by atoms with Crippen LogP contribution in [0.3, 0.4) is 0 Å². The quantitative estimate of drug-likeness (QED) is 0.491. The third-order valence-corrected chi connectivity index (χ3v) is 7.73. The number of carbonyl (C=O) groups is 1. The van der Waals surface area contributed by atoms with Crippen LogP contribution < -0.4 is 10.9 Å². The lowest BCUT2D eigenvalue weighted by molar-refractivity contribution is -0.127. The number of hydrogen-bond donors (Lipinski definition) is 2. The lowest BCUT2D eigenvalue weighted by Gasteiger charge is -2.37. The zero-order valence-electron chi connectivity index (χ0n) is 20.7. The van der Waals surface area contributed by atoms with Gasteiger partial charge in [0.15, 0.2) is 6.39 Å². The van der Waals surface area contributed by atoms with Crippen molar-refractivity contribution < 1.29 is 19.1 Å². The smallest absolute Gasteiger partial charge is 0.258 e. The fraction of sp³-hybridized carbons (Fsp3) is 0.577. The maximum Gasteiger partial charge on any atom is 0.258 e. The minimum absolute atomic E-state index is 0.0649. The van der Waals surface area contributed by atoms with Gasteiger partial charge in [0.05, 0.1) is 30.9 Å². The van der Waals surface area contributed by atoms with E-state index in [1.54, 1.807) is 10.8 Å². The first-order valence-electron chi connectivity index (χ1n) is 12.8. The Labute approximate surface area is 210 Å². The molecule has 2 aromatic heterocycles. The number of pyridine rings is 1. The fourth-order valence-corrected chi connectivity index (χ4v) is 6.02. The van der Waals surface area contributed by atoms with E-state index in [0.717, 1.165) is 50.7 Å². The maximum absolute atomic E-state index is 13.6. The van der Waals surface area contributed by atoms with Crippen LogP contribution in [0, 0.1) is 11.8 Å².